The van der Waals surface area contributed by atoms with E-state index in [0.29, 0.717) is 12.5 Å². The number of hydrogen-bond donors (Lipinski definition) is 2. The average Bonchev–Trinajstić information content (AvgIpc) is 3.12. The van der Waals surface area contributed by atoms with Gasteiger partial charge >= 0.3 is 0 Å². The molecule has 0 aromatic heterocycles. The Bertz CT molecular complexity index is 315. The minimum absolute atomic E-state index is 0.169. The largest absolute Gasteiger partial charge is 0.353 e. The van der Waals surface area contributed by atoms with Crippen LogP contribution in [0.25, 0.3) is 0 Å². The Morgan fingerprint density at radius 3 is 2.39 bits per heavy atom. The van der Waals surface area contributed by atoms with E-state index < -0.39 is 0 Å². The number of likely N-dealkylation sites (tertiary alicyclic amines) is 1. The van der Waals surface area contributed by atoms with Gasteiger partial charge in [-0.2, -0.15) is 0 Å². The van der Waals surface area contributed by atoms with Gasteiger partial charge in [0.2, 0.25) is 5.91 Å². The van der Waals surface area contributed by atoms with Crippen LogP contribution in [0.1, 0.15) is 51.4 Å². The fourth-order valence-electron chi connectivity index (χ4n) is 3.25. The van der Waals surface area contributed by atoms with Gasteiger partial charge in [-0.05, 0) is 44.9 Å². The van der Waals surface area contributed by atoms with Crippen molar-refractivity contribution in [3.63, 3.8) is 0 Å². The molecule has 0 aromatic rings. The molecule has 2 saturated carbocycles. The van der Waals surface area contributed by atoms with Gasteiger partial charge in [-0.1, -0.05) is 0 Å². The number of carbonyl (C=O) groups is 1. The molecular weight excluding hydrogens is 226 g/mol. The molecule has 1 heterocycles. The third-order valence-electron chi connectivity index (χ3n) is 4.82. The molecule has 2 aliphatic carbocycles. The van der Waals surface area contributed by atoms with Crippen molar-refractivity contribution in [1.82, 2.24) is 10.2 Å². The third-order valence-corrected chi connectivity index (χ3v) is 4.82. The van der Waals surface area contributed by atoms with Crippen molar-refractivity contribution in [3.8, 4) is 0 Å². The molecule has 1 saturated heterocycles. The lowest BCUT2D eigenvalue weighted by Crippen LogP contribution is -2.52. The Hall–Kier alpha value is -0.610. The van der Waals surface area contributed by atoms with Crippen molar-refractivity contribution < 1.29 is 4.79 Å². The molecule has 3 N–H and O–H groups in total. The van der Waals surface area contributed by atoms with Gasteiger partial charge in [0.15, 0.2) is 0 Å². The van der Waals surface area contributed by atoms with Crippen molar-refractivity contribution in [1.29, 1.82) is 0 Å². The highest BCUT2D eigenvalue weighted by Gasteiger charge is 2.36. The van der Waals surface area contributed by atoms with Gasteiger partial charge in [-0.25, -0.2) is 0 Å². The topological polar surface area (TPSA) is 58.4 Å². The molecule has 4 heteroatoms. The molecule has 3 fully saturated rings. The Kier molecular flexibility index (Phi) is 3.32. The lowest BCUT2D eigenvalue weighted by atomic mass is 9.75. The molecule has 0 bridgehead atoms. The summed E-state index contributed by atoms with van der Waals surface area (Å²) < 4.78 is 0. The van der Waals surface area contributed by atoms with Crippen molar-refractivity contribution in [2.75, 3.05) is 13.1 Å². The monoisotopic (exact) mass is 251 g/mol. The maximum absolute atomic E-state index is 11.9. The summed E-state index contributed by atoms with van der Waals surface area (Å²) in [5.41, 5.74) is 5.93. The predicted molar refractivity (Wildman–Crippen MR) is 71.1 cm³/mol. The minimum Gasteiger partial charge on any atom is -0.353 e. The van der Waals surface area contributed by atoms with Crippen LogP contribution < -0.4 is 11.1 Å². The van der Waals surface area contributed by atoms with Gasteiger partial charge in [0.1, 0.15) is 0 Å². The second-order valence-electron chi connectivity index (χ2n) is 6.50. The van der Waals surface area contributed by atoms with Gasteiger partial charge < -0.3 is 16.0 Å². The maximum Gasteiger partial charge on any atom is 0.222 e. The van der Waals surface area contributed by atoms with E-state index >= 15 is 0 Å². The summed E-state index contributed by atoms with van der Waals surface area (Å²) in [5, 5.41) is 3.18. The van der Waals surface area contributed by atoms with E-state index in [9.17, 15) is 4.79 Å². The second-order valence-corrected chi connectivity index (χ2v) is 6.50. The Morgan fingerprint density at radius 2 is 1.89 bits per heavy atom. The molecule has 4 nitrogen and oxygen atoms in total. The molecule has 0 unspecified atom stereocenters. The summed E-state index contributed by atoms with van der Waals surface area (Å²) in [7, 11) is 0. The summed E-state index contributed by atoms with van der Waals surface area (Å²) in [4.78, 5) is 14.5. The Morgan fingerprint density at radius 1 is 1.22 bits per heavy atom. The van der Waals surface area contributed by atoms with Gasteiger partial charge in [-0.15, -0.1) is 0 Å². The normalized spacial score (nSPS) is 28.7. The van der Waals surface area contributed by atoms with Crippen LogP contribution in [0.3, 0.4) is 0 Å². The number of piperidine rings is 1. The standard InChI is InChI=1S/C14H25N3O/c15-14(6-1-7-14)10-13(18)16-11-4-8-17(9-5-11)12-2-3-12/h11-12H,1-10,15H2,(H,16,18). The van der Waals surface area contributed by atoms with Gasteiger partial charge in [-0.3, -0.25) is 4.79 Å². The summed E-state index contributed by atoms with van der Waals surface area (Å²) in [5.74, 6) is 0.169. The van der Waals surface area contributed by atoms with Crippen molar-refractivity contribution in [2.24, 2.45) is 5.73 Å². The van der Waals surface area contributed by atoms with E-state index in [-0.39, 0.29) is 11.4 Å². The molecular formula is C14H25N3O. The number of nitrogens with two attached hydrogens (primary N) is 1. The Labute approximate surface area is 109 Å². The highest BCUT2D eigenvalue weighted by molar-refractivity contribution is 5.77. The summed E-state index contributed by atoms with van der Waals surface area (Å²) >= 11 is 0. The first-order valence-corrected chi connectivity index (χ1v) is 7.47. The highest BCUT2D eigenvalue weighted by atomic mass is 16.1. The molecule has 18 heavy (non-hydrogen) atoms. The summed E-state index contributed by atoms with van der Waals surface area (Å²) in [6.07, 6.45) is 8.72. The molecule has 102 valence electrons. The number of amides is 1. The van der Waals surface area contributed by atoms with E-state index in [2.05, 4.69) is 10.2 Å². The molecule has 0 atom stereocenters. The van der Waals surface area contributed by atoms with Crippen molar-refractivity contribution >= 4 is 5.91 Å². The number of nitrogens with one attached hydrogen (secondary N) is 1. The lowest BCUT2D eigenvalue weighted by molar-refractivity contribution is -0.124. The smallest absolute Gasteiger partial charge is 0.222 e. The maximum atomic E-state index is 11.9. The van der Waals surface area contributed by atoms with Crippen LogP contribution in [0.5, 0.6) is 0 Å². The lowest BCUT2D eigenvalue weighted by Gasteiger charge is -2.38. The third kappa shape index (κ3) is 2.86. The first kappa shape index (κ1) is 12.4. The molecule has 0 spiro atoms. The number of nitrogens with zero attached hydrogens (tertiary/aromatic N) is 1. The van der Waals surface area contributed by atoms with E-state index in [1.807, 2.05) is 0 Å². The van der Waals surface area contributed by atoms with E-state index in [0.717, 1.165) is 44.8 Å². The molecule has 0 aromatic carbocycles. The molecule has 1 aliphatic heterocycles. The van der Waals surface area contributed by atoms with Crippen molar-refractivity contribution in [2.45, 2.75) is 69.0 Å². The highest BCUT2D eigenvalue weighted by Crippen LogP contribution is 2.32. The van der Waals surface area contributed by atoms with E-state index in [1.54, 1.807) is 0 Å². The molecule has 3 rings (SSSR count). The van der Waals surface area contributed by atoms with Gasteiger partial charge in [0.05, 0.1) is 0 Å². The number of rotatable bonds is 4. The zero-order valence-corrected chi connectivity index (χ0v) is 11.2. The van der Waals surface area contributed by atoms with Crippen LogP contribution in [-0.2, 0) is 4.79 Å². The second kappa shape index (κ2) is 4.82. The van der Waals surface area contributed by atoms with Crippen LogP contribution in [0.15, 0.2) is 0 Å². The van der Waals surface area contributed by atoms with Crippen LogP contribution >= 0.6 is 0 Å². The van der Waals surface area contributed by atoms with Gasteiger partial charge in [0, 0.05) is 37.1 Å². The number of hydrogen-bond acceptors (Lipinski definition) is 3. The van der Waals surface area contributed by atoms with Crippen LogP contribution in [0.4, 0.5) is 0 Å². The quantitative estimate of drug-likeness (QED) is 0.784. The van der Waals surface area contributed by atoms with Crippen LogP contribution in [0, 0.1) is 0 Å². The van der Waals surface area contributed by atoms with Crippen LogP contribution in [-0.4, -0.2) is 41.5 Å². The summed E-state index contributed by atoms with van der Waals surface area (Å²) in [6.45, 7) is 2.31. The molecule has 1 amide bonds. The predicted octanol–water partition coefficient (Wildman–Crippen LogP) is 1.00. The zero-order valence-electron chi connectivity index (χ0n) is 11.2. The minimum atomic E-state index is -0.182. The van der Waals surface area contributed by atoms with Crippen LogP contribution in [0.2, 0.25) is 0 Å². The van der Waals surface area contributed by atoms with Crippen molar-refractivity contribution in [3.05, 3.63) is 0 Å². The Balaban J connectivity index is 1.39. The first-order chi connectivity index (χ1) is 8.65. The fourth-order valence-corrected chi connectivity index (χ4v) is 3.25. The summed E-state index contributed by atoms with van der Waals surface area (Å²) in [6, 6.07) is 1.25. The number of carbonyl (C=O) groups excluding carboxylic acids is 1. The van der Waals surface area contributed by atoms with Gasteiger partial charge in [0.25, 0.3) is 0 Å². The fraction of sp³-hybridized carbons (Fsp3) is 0.929. The molecule has 0 radical (unpaired) electrons. The zero-order chi connectivity index (χ0) is 12.6. The average molecular weight is 251 g/mol. The first-order valence-electron chi connectivity index (χ1n) is 7.47. The SMILES string of the molecule is NC1(CC(=O)NC2CCN(C3CC3)CC2)CCC1. The van der Waals surface area contributed by atoms with E-state index in [4.69, 9.17) is 5.73 Å². The molecule has 3 aliphatic rings. The van der Waals surface area contributed by atoms with E-state index in [1.165, 1.54) is 19.3 Å².